The SMILES string of the molecule is Cc1ccc[c]([Sn][Br])c1C. The number of aryl methyl sites for hydroxylation is 1. The van der Waals surface area contributed by atoms with Gasteiger partial charge in [0.25, 0.3) is 0 Å². The molecule has 0 bridgehead atoms. The zero-order valence-corrected chi connectivity index (χ0v) is 10.6. The van der Waals surface area contributed by atoms with Crippen LogP contribution in [0, 0.1) is 13.8 Å². The summed E-state index contributed by atoms with van der Waals surface area (Å²) < 4.78 is 1.56. The van der Waals surface area contributed by atoms with Gasteiger partial charge in [-0.2, -0.15) is 0 Å². The van der Waals surface area contributed by atoms with E-state index < -0.39 is 18.9 Å². The van der Waals surface area contributed by atoms with E-state index in [-0.39, 0.29) is 0 Å². The summed E-state index contributed by atoms with van der Waals surface area (Å²) in [6.07, 6.45) is 0. The second-order valence-corrected chi connectivity index (χ2v) is 7.08. The van der Waals surface area contributed by atoms with E-state index in [4.69, 9.17) is 0 Å². The van der Waals surface area contributed by atoms with Gasteiger partial charge in [0.15, 0.2) is 0 Å². The van der Waals surface area contributed by atoms with Gasteiger partial charge in [0.05, 0.1) is 0 Å². The molecule has 0 aliphatic rings. The van der Waals surface area contributed by atoms with Crippen molar-refractivity contribution in [1.82, 2.24) is 0 Å². The maximum absolute atomic E-state index is 3.61. The van der Waals surface area contributed by atoms with Gasteiger partial charge in [0.2, 0.25) is 0 Å². The van der Waals surface area contributed by atoms with Crippen LogP contribution in [0.3, 0.4) is 0 Å². The first-order valence-electron chi connectivity index (χ1n) is 3.18. The van der Waals surface area contributed by atoms with E-state index in [0.717, 1.165) is 0 Å². The quantitative estimate of drug-likeness (QED) is 0.696. The number of benzene rings is 1. The summed E-state index contributed by atoms with van der Waals surface area (Å²) in [4.78, 5) is 0. The molecule has 0 nitrogen and oxygen atoms in total. The maximum atomic E-state index is 3.61. The summed E-state index contributed by atoms with van der Waals surface area (Å²) in [6.45, 7) is 4.37. The van der Waals surface area contributed by atoms with Crippen molar-refractivity contribution >= 4 is 35.2 Å². The summed E-state index contributed by atoms with van der Waals surface area (Å²) in [6, 6.07) is 6.53. The minimum atomic E-state index is -0.394. The van der Waals surface area contributed by atoms with E-state index in [9.17, 15) is 0 Å². The molecule has 10 heavy (non-hydrogen) atoms. The third-order valence-corrected chi connectivity index (χ3v) is 6.70. The average Bonchev–Trinajstić information content (AvgIpc) is 1.95. The van der Waals surface area contributed by atoms with Gasteiger partial charge in [-0.25, -0.2) is 0 Å². The van der Waals surface area contributed by atoms with Crippen molar-refractivity contribution < 1.29 is 0 Å². The Balaban J connectivity index is 3.14. The van der Waals surface area contributed by atoms with Gasteiger partial charge in [-0.1, -0.05) is 0 Å². The predicted octanol–water partition coefficient (Wildman–Crippen LogP) is 1.94. The number of hydrogen-bond acceptors (Lipinski definition) is 0. The summed E-state index contributed by atoms with van der Waals surface area (Å²) in [5.74, 6) is 0. The average molecular weight is 304 g/mol. The van der Waals surface area contributed by atoms with Crippen LogP contribution < -0.4 is 3.58 Å². The normalized spacial score (nSPS) is 9.90. The molecule has 0 aliphatic carbocycles. The molecule has 0 atom stereocenters. The van der Waals surface area contributed by atoms with Crippen molar-refractivity contribution in [2.24, 2.45) is 0 Å². The summed E-state index contributed by atoms with van der Waals surface area (Å²) >= 11 is 3.22. The van der Waals surface area contributed by atoms with Crippen molar-refractivity contribution in [2.45, 2.75) is 13.8 Å². The fourth-order valence-electron chi connectivity index (χ4n) is 0.853. The van der Waals surface area contributed by atoms with Gasteiger partial charge in [0, 0.05) is 0 Å². The van der Waals surface area contributed by atoms with Crippen LogP contribution in [0.1, 0.15) is 11.1 Å². The third-order valence-electron chi connectivity index (χ3n) is 1.71. The molecule has 52 valence electrons. The van der Waals surface area contributed by atoms with Crippen LogP contribution in [0.5, 0.6) is 0 Å². The molecule has 0 N–H and O–H groups in total. The Morgan fingerprint density at radius 1 is 1.30 bits per heavy atom. The Morgan fingerprint density at radius 3 is 2.50 bits per heavy atom. The molecule has 2 radical (unpaired) electrons. The Hall–Kier alpha value is 0.499. The van der Waals surface area contributed by atoms with Gasteiger partial charge < -0.3 is 0 Å². The zero-order valence-electron chi connectivity index (χ0n) is 6.11. The molecule has 0 saturated heterocycles. The van der Waals surface area contributed by atoms with Crippen LogP contribution in [0.2, 0.25) is 0 Å². The third kappa shape index (κ3) is 1.76. The molecular formula is C8H9BrSn. The van der Waals surface area contributed by atoms with Crippen LogP contribution in [0.4, 0.5) is 0 Å². The minimum absolute atomic E-state index is 0.394. The summed E-state index contributed by atoms with van der Waals surface area (Å²) in [5, 5.41) is 0. The van der Waals surface area contributed by atoms with E-state index in [2.05, 4.69) is 44.8 Å². The molecule has 1 rings (SSSR count). The first kappa shape index (κ1) is 8.59. The fourth-order valence-corrected chi connectivity index (χ4v) is 5.16. The standard InChI is InChI=1S/C8H9.BrH.Sn/c1-7-5-3-4-6-8(7)2;;/h3-5H,1-2H3;1H;/q;;+1/p-1. The van der Waals surface area contributed by atoms with Crippen LogP contribution in [0.25, 0.3) is 0 Å². The van der Waals surface area contributed by atoms with E-state index in [1.54, 1.807) is 3.58 Å². The van der Waals surface area contributed by atoms with Gasteiger partial charge >= 0.3 is 78.4 Å². The molecule has 1 aromatic rings. The molecule has 0 fully saturated rings. The predicted molar refractivity (Wildman–Crippen MR) is 50.2 cm³/mol. The van der Waals surface area contributed by atoms with E-state index >= 15 is 0 Å². The molecule has 0 unspecified atom stereocenters. The fraction of sp³-hybridized carbons (Fsp3) is 0.250. The topological polar surface area (TPSA) is 0 Å². The number of halogens is 1. The second kappa shape index (κ2) is 3.77. The Kier molecular flexibility index (Phi) is 3.24. The van der Waals surface area contributed by atoms with E-state index in [1.165, 1.54) is 11.1 Å². The van der Waals surface area contributed by atoms with Crippen LogP contribution in [0.15, 0.2) is 18.2 Å². The van der Waals surface area contributed by atoms with Gasteiger partial charge in [0.1, 0.15) is 0 Å². The molecule has 2 heteroatoms. The molecule has 0 spiro atoms. The van der Waals surface area contributed by atoms with Crippen molar-refractivity contribution in [3.05, 3.63) is 29.3 Å². The number of rotatable bonds is 1. The summed E-state index contributed by atoms with van der Waals surface area (Å²) in [7, 11) is 0. The van der Waals surface area contributed by atoms with E-state index in [1.807, 2.05) is 0 Å². The Morgan fingerprint density at radius 2 is 2.00 bits per heavy atom. The molecular weight excluding hydrogens is 295 g/mol. The molecule has 0 aromatic heterocycles. The first-order chi connectivity index (χ1) is 4.75. The van der Waals surface area contributed by atoms with Crippen molar-refractivity contribution in [3.8, 4) is 0 Å². The summed E-state index contributed by atoms with van der Waals surface area (Å²) in [5.41, 5.74) is 2.89. The Labute approximate surface area is 78.0 Å². The second-order valence-electron chi connectivity index (χ2n) is 2.34. The van der Waals surface area contributed by atoms with Crippen molar-refractivity contribution in [1.29, 1.82) is 0 Å². The van der Waals surface area contributed by atoms with Gasteiger partial charge in [-0.3, -0.25) is 0 Å². The van der Waals surface area contributed by atoms with Crippen molar-refractivity contribution in [2.75, 3.05) is 0 Å². The van der Waals surface area contributed by atoms with Crippen LogP contribution in [-0.4, -0.2) is 18.9 Å². The molecule has 0 heterocycles. The Bertz CT molecular complexity index is 233. The monoisotopic (exact) mass is 304 g/mol. The van der Waals surface area contributed by atoms with Gasteiger partial charge in [-0.05, 0) is 0 Å². The number of hydrogen-bond donors (Lipinski definition) is 0. The molecule has 0 saturated carbocycles. The molecule has 0 aliphatic heterocycles. The zero-order chi connectivity index (χ0) is 7.56. The van der Waals surface area contributed by atoms with Crippen molar-refractivity contribution in [3.63, 3.8) is 0 Å². The van der Waals surface area contributed by atoms with Gasteiger partial charge in [-0.15, -0.1) is 0 Å². The first-order valence-corrected chi connectivity index (χ1v) is 11.0. The molecule has 1 aromatic carbocycles. The van der Waals surface area contributed by atoms with E-state index in [0.29, 0.717) is 0 Å². The van der Waals surface area contributed by atoms with Crippen LogP contribution >= 0.6 is 12.7 Å². The molecule has 0 amide bonds. The van der Waals surface area contributed by atoms with Crippen LogP contribution in [-0.2, 0) is 0 Å².